The van der Waals surface area contributed by atoms with Gasteiger partial charge in [-0.2, -0.15) is 4.37 Å². The van der Waals surface area contributed by atoms with E-state index in [1.54, 1.807) is 0 Å². The number of methoxy groups -OCH3 is 1. The molecule has 1 heterocycles. The fourth-order valence-corrected chi connectivity index (χ4v) is 2.39. The van der Waals surface area contributed by atoms with Gasteiger partial charge >= 0.3 is 0 Å². The van der Waals surface area contributed by atoms with Crippen LogP contribution >= 0.6 is 23.5 Å². The zero-order valence-corrected chi connectivity index (χ0v) is 9.78. The van der Waals surface area contributed by atoms with Gasteiger partial charge in [0.15, 0.2) is 5.03 Å². The molecule has 0 saturated carbocycles. The van der Waals surface area contributed by atoms with Gasteiger partial charge in [-0.15, -0.1) is 16.1 Å². The second-order valence-electron chi connectivity index (χ2n) is 2.61. The monoisotopic (exact) mass is 232 g/mol. The molecule has 0 aliphatic heterocycles. The van der Waals surface area contributed by atoms with Gasteiger partial charge in [-0.3, -0.25) is 4.79 Å². The van der Waals surface area contributed by atoms with E-state index in [2.05, 4.69) is 15.7 Å². The molecule has 0 saturated heterocycles. The Balaban J connectivity index is 2.72. The Kier molecular flexibility index (Phi) is 4.89. The topological polar surface area (TPSA) is 52.1 Å². The van der Waals surface area contributed by atoms with Crippen molar-refractivity contribution in [2.45, 2.75) is 24.8 Å². The minimum absolute atomic E-state index is 0.143. The predicted octanol–water partition coefficient (Wildman–Crippen LogP) is 1.80. The summed E-state index contributed by atoms with van der Waals surface area (Å²) >= 11 is 2.47. The molecule has 0 aliphatic carbocycles. The SMILES string of the molecule is CCCCSc1nsnc(OC)c1=O. The molecule has 6 heteroatoms. The van der Waals surface area contributed by atoms with E-state index in [9.17, 15) is 4.79 Å². The number of nitrogens with zero attached hydrogens (tertiary/aromatic N) is 2. The minimum atomic E-state index is -0.202. The van der Waals surface area contributed by atoms with Crippen LogP contribution in [0.15, 0.2) is 9.82 Å². The maximum absolute atomic E-state index is 11.5. The van der Waals surface area contributed by atoms with Gasteiger partial charge in [0.05, 0.1) is 18.8 Å². The van der Waals surface area contributed by atoms with Crippen molar-refractivity contribution >= 4 is 23.5 Å². The molecule has 0 N–H and O–H groups in total. The predicted molar refractivity (Wildman–Crippen MR) is 58.4 cm³/mol. The molecule has 0 amide bonds. The standard InChI is InChI=1S/C8H12N2O2S2/c1-3-4-5-13-8-6(11)7(12-2)9-14-10-8/h3-5H2,1-2H3. The fraction of sp³-hybridized carbons (Fsp3) is 0.625. The van der Waals surface area contributed by atoms with Crippen LogP contribution in [0.3, 0.4) is 0 Å². The molecule has 0 atom stereocenters. The summed E-state index contributed by atoms with van der Waals surface area (Å²) in [6.45, 7) is 2.11. The average molecular weight is 232 g/mol. The fourth-order valence-electron chi connectivity index (χ4n) is 0.804. The number of hydrogen-bond donors (Lipinski definition) is 0. The Hall–Kier alpha value is -0.620. The first-order chi connectivity index (χ1) is 6.79. The van der Waals surface area contributed by atoms with Crippen LogP contribution in [0.5, 0.6) is 5.88 Å². The van der Waals surface area contributed by atoms with E-state index in [1.165, 1.54) is 18.9 Å². The van der Waals surface area contributed by atoms with Crippen LogP contribution in [-0.4, -0.2) is 21.6 Å². The van der Waals surface area contributed by atoms with Crippen molar-refractivity contribution in [2.24, 2.45) is 0 Å². The molecule has 0 spiro atoms. The molecule has 0 bridgehead atoms. The third-order valence-corrected chi connectivity index (χ3v) is 3.24. The molecule has 0 aromatic carbocycles. The van der Waals surface area contributed by atoms with E-state index in [4.69, 9.17) is 4.74 Å². The Morgan fingerprint density at radius 2 is 2.29 bits per heavy atom. The molecule has 1 aromatic rings. The summed E-state index contributed by atoms with van der Waals surface area (Å²) in [6.07, 6.45) is 2.20. The Labute approximate surface area is 91.0 Å². The summed E-state index contributed by atoms with van der Waals surface area (Å²) < 4.78 is 12.6. The van der Waals surface area contributed by atoms with Crippen molar-refractivity contribution in [3.8, 4) is 5.88 Å². The average Bonchev–Trinajstić information content (AvgIpc) is 2.21. The third kappa shape index (κ3) is 2.95. The first-order valence-corrected chi connectivity index (χ1v) is 6.04. The van der Waals surface area contributed by atoms with E-state index in [1.807, 2.05) is 0 Å². The lowest BCUT2D eigenvalue weighted by molar-refractivity contribution is 0.395. The highest BCUT2D eigenvalue weighted by Crippen LogP contribution is 2.15. The van der Waals surface area contributed by atoms with Crippen LogP contribution in [0.2, 0.25) is 0 Å². The number of unbranched alkanes of at least 4 members (excludes halogenated alkanes) is 1. The smallest absolute Gasteiger partial charge is 0.277 e. The second-order valence-corrected chi connectivity index (χ2v) is 4.22. The maximum atomic E-state index is 11.5. The van der Waals surface area contributed by atoms with Gasteiger partial charge in [0.2, 0.25) is 0 Å². The lowest BCUT2D eigenvalue weighted by Gasteiger charge is -1.99. The number of ether oxygens (including phenoxy) is 1. The van der Waals surface area contributed by atoms with Crippen LogP contribution in [-0.2, 0) is 0 Å². The van der Waals surface area contributed by atoms with Crippen LogP contribution in [0.4, 0.5) is 0 Å². The third-order valence-electron chi connectivity index (χ3n) is 1.57. The van der Waals surface area contributed by atoms with Crippen molar-refractivity contribution in [2.75, 3.05) is 12.9 Å². The van der Waals surface area contributed by atoms with E-state index < -0.39 is 0 Å². The van der Waals surface area contributed by atoms with Crippen LogP contribution in [0.1, 0.15) is 19.8 Å². The summed E-state index contributed by atoms with van der Waals surface area (Å²) in [7, 11) is 1.44. The van der Waals surface area contributed by atoms with Crippen molar-refractivity contribution < 1.29 is 4.74 Å². The van der Waals surface area contributed by atoms with Crippen LogP contribution in [0, 0.1) is 0 Å². The molecular formula is C8H12N2O2S2. The first kappa shape index (κ1) is 11.5. The van der Waals surface area contributed by atoms with Gasteiger partial charge in [0, 0.05) is 0 Å². The number of thioether (sulfide) groups is 1. The highest BCUT2D eigenvalue weighted by Gasteiger charge is 2.08. The molecule has 4 nitrogen and oxygen atoms in total. The number of aromatic nitrogens is 2. The Morgan fingerprint density at radius 1 is 1.50 bits per heavy atom. The van der Waals surface area contributed by atoms with Gasteiger partial charge in [-0.05, 0) is 12.2 Å². The van der Waals surface area contributed by atoms with E-state index >= 15 is 0 Å². The Morgan fingerprint density at radius 3 is 2.93 bits per heavy atom. The molecule has 14 heavy (non-hydrogen) atoms. The van der Waals surface area contributed by atoms with E-state index in [0.29, 0.717) is 5.03 Å². The van der Waals surface area contributed by atoms with Gasteiger partial charge in [-0.1, -0.05) is 13.3 Å². The molecule has 78 valence electrons. The summed E-state index contributed by atoms with van der Waals surface area (Å²) in [4.78, 5) is 11.5. The number of hydrogen-bond acceptors (Lipinski definition) is 6. The quantitative estimate of drug-likeness (QED) is 0.572. The molecule has 1 rings (SSSR count). The number of rotatable bonds is 5. The summed E-state index contributed by atoms with van der Waals surface area (Å²) in [5.41, 5.74) is -0.202. The van der Waals surface area contributed by atoms with Crippen molar-refractivity contribution in [1.29, 1.82) is 0 Å². The van der Waals surface area contributed by atoms with E-state index in [0.717, 1.165) is 30.3 Å². The van der Waals surface area contributed by atoms with Crippen LogP contribution in [0.25, 0.3) is 0 Å². The largest absolute Gasteiger partial charge is 0.478 e. The van der Waals surface area contributed by atoms with Gasteiger partial charge < -0.3 is 4.74 Å². The lowest BCUT2D eigenvalue weighted by Crippen LogP contribution is -2.10. The van der Waals surface area contributed by atoms with Gasteiger partial charge in [-0.25, -0.2) is 0 Å². The van der Waals surface area contributed by atoms with Crippen molar-refractivity contribution in [3.05, 3.63) is 10.2 Å². The lowest BCUT2D eigenvalue weighted by atomic mass is 10.4. The second kappa shape index (κ2) is 5.98. The molecule has 0 fully saturated rings. The molecular weight excluding hydrogens is 220 g/mol. The molecule has 0 radical (unpaired) electrons. The van der Waals surface area contributed by atoms with Gasteiger partial charge in [0.1, 0.15) is 0 Å². The molecule has 0 aliphatic rings. The zero-order chi connectivity index (χ0) is 10.4. The van der Waals surface area contributed by atoms with Gasteiger partial charge in [0.25, 0.3) is 11.3 Å². The normalized spacial score (nSPS) is 10.1. The molecule has 0 unspecified atom stereocenters. The maximum Gasteiger partial charge on any atom is 0.277 e. The minimum Gasteiger partial charge on any atom is -0.478 e. The summed E-state index contributed by atoms with van der Waals surface area (Å²) in [6, 6.07) is 0. The van der Waals surface area contributed by atoms with Crippen molar-refractivity contribution in [1.82, 2.24) is 8.75 Å². The summed E-state index contributed by atoms with van der Waals surface area (Å²) in [5, 5.41) is 0.496. The summed E-state index contributed by atoms with van der Waals surface area (Å²) in [5.74, 6) is 1.06. The van der Waals surface area contributed by atoms with Crippen molar-refractivity contribution in [3.63, 3.8) is 0 Å². The van der Waals surface area contributed by atoms with E-state index in [-0.39, 0.29) is 11.3 Å². The highest BCUT2D eigenvalue weighted by molar-refractivity contribution is 7.99. The molecule has 1 aromatic heterocycles. The van der Waals surface area contributed by atoms with Crippen LogP contribution < -0.4 is 10.2 Å². The first-order valence-electron chi connectivity index (χ1n) is 4.33. The highest BCUT2D eigenvalue weighted by atomic mass is 32.2. The Bertz CT molecular complexity index is 340. The zero-order valence-electron chi connectivity index (χ0n) is 8.15.